The van der Waals surface area contributed by atoms with Gasteiger partial charge in [-0.05, 0) is 51.7 Å². The third-order valence-electron chi connectivity index (χ3n) is 5.15. The molecule has 0 aromatic heterocycles. The van der Waals surface area contributed by atoms with E-state index in [2.05, 4.69) is 10.2 Å². The Hall–Kier alpha value is -0.660. The molecule has 7 heteroatoms. The Morgan fingerprint density at radius 2 is 2.10 bits per heavy atom. The fraction of sp³-hybridized carbons (Fsp3) is 0.929. The minimum Gasteiger partial charge on any atom is -0.368 e. The van der Waals surface area contributed by atoms with Crippen molar-refractivity contribution in [1.82, 2.24) is 10.2 Å². The molecule has 6 nitrogen and oxygen atoms in total. The summed E-state index contributed by atoms with van der Waals surface area (Å²) in [6.07, 6.45) is 4.43. The van der Waals surface area contributed by atoms with Crippen molar-refractivity contribution in [2.45, 2.75) is 37.6 Å². The molecule has 122 valence electrons. The summed E-state index contributed by atoms with van der Waals surface area (Å²) in [5, 5.41) is 3.15. The van der Waals surface area contributed by atoms with Crippen molar-refractivity contribution in [3.05, 3.63) is 0 Å². The van der Waals surface area contributed by atoms with Crippen molar-refractivity contribution in [3.63, 3.8) is 0 Å². The third-order valence-corrected chi connectivity index (χ3v) is 6.86. The minimum atomic E-state index is -2.86. The molecule has 2 atom stereocenters. The average Bonchev–Trinajstić information content (AvgIpc) is 2.77. The molecule has 0 aromatic carbocycles. The Labute approximate surface area is 127 Å². The van der Waals surface area contributed by atoms with Crippen LogP contribution in [0, 0.1) is 5.92 Å². The second-order valence-corrected chi connectivity index (χ2v) is 8.61. The molecule has 1 aliphatic carbocycles. The van der Waals surface area contributed by atoms with Crippen LogP contribution in [-0.2, 0) is 14.6 Å². The summed E-state index contributed by atoms with van der Waals surface area (Å²) in [6, 6.07) is 0. The van der Waals surface area contributed by atoms with E-state index in [-0.39, 0.29) is 17.6 Å². The zero-order valence-corrected chi connectivity index (χ0v) is 13.6. The van der Waals surface area contributed by atoms with Gasteiger partial charge < -0.3 is 16.0 Å². The van der Waals surface area contributed by atoms with Gasteiger partial charge in [-0.1, -0.05) is 6.42 Å². The summed E-state index contributed by atoms with van der Waals surface area (Å²) in [4.78, 5) is 14.0. The first-order chi connectivity index (χ1) is 9.89. The summed E-state index contributed by atoms with van der Waals surface area (Å²) in [6.45, 7) is 2.28. The number of carbonyl (C=O) groups is 1. The van der Waals surface area contributed by atoms with Gasteiger partial charge in [0.2, 0.25) is 5.91 Å². The topological polar surface area (TPSA) is 92.5 Å². The van der Waals surface area contributed by atoms with E-state index in [1.165, 1.54) is 0 Å². The Morgan fingerprint density at radius 1 is 1.33 bits per heavy atom. The third kappa shape index (κ3) is 3.76. The molecule has 1 amide bonds. The normalized spacial score (nSPS) is 33.7. The number of hydrogen-bond acceptors (Lipinski definition) is 5. The van der Waals surface area contributed by atoms with Gasteiger partial charge >= 0.3 is 0 Å². The number of amides is 1. The van der Waals surface area contributed by atoms with E-state index in [1.54, 1.807) is 0 Å². The molecule has 0 bridgehead atoms. The quantitative estimate of drug-likeness (QED) is 0.729. The minimum absolute atomic E-state index is 0.250. The highest BCUT2D eigenvalue weighted by atomic mass is 32.2. The van der Waals surface area contributed by atoms with Gasteiger partial charge in [0, 0.05) is 6.54 Å². The number of nitrogens with two attached hydrogens (primary N) is 1. The van der Waals surface area contributed by atoms with Gasteiger partial charge in [-0.25, -0.2) is 8.42 Å². The fourth-order valence-corrected chi connectivity index (χ4v) is 5.11. The monoisotopic (exact) mass is 317 g/mol. The van der Waals surface area contributed by atoms with Crippen LogP contribution in [0.4, 0.5) is 0 Å². The van der Waals surface area contributed by atoms with Crippen molar-refractivity contribution in [2.24, 2.45) is 11.7 Å². The van der Waals surface area contributed by atoms with Crippen LogP contribution in [0.25, 0.3) is 0 Å². The van der Waals surface area contributed by atoms with E-state index in [9.17, 15) is 13.2 Å². The summed E-state index contributed by atoms with van der Waals surface area (Å²) in [5.74, 6) is 0.546. The molecule has 3 N–H and O–H groups in total. The Bertz CT molecular complexity index is 480. The van der Waals surface area contributed by atoms with Crippen molar-refractivity contribution in [2.75, 3.05) is 38.2 Å². The number of hydrogen-bond donors (Lipinski definition) is 2. The molecule has 0 aromatic rings. The Kier molecular flexibility index (Phi) is 5.27. The first-order valence-electron chi connectivity index (χ1n) is 7.81. The zero-order valence-electron chi connectivity index (χ0n) is 12.8. The van der Waals surface area contributed by atoms with Crippen molar-refractivity contribution in [1.29, 1.82) is 0 Å². The standard InChI is InChI=1S/C14H27N3O3S/c1-16-14(13(15)18)6-2-4-12(14)5-8-17-7-3-10-21(19,20)11-9-17/h12,16H,2-11H2,1H3,(H2,15,18). The van der Waals surface area contributed by atoms with Crippen molar-refractivity contribution < 1.29 is 13.2 Å². The highest BCUT2D eigenvalue weighted by molar-refractivity contribution is 7.91. The SMILES string of the molecule is CNC1(C(N)=O)CCCC1CCN1CCCS(=O)(=O)CC1. The Balaban J connectivity index is 1.92. The van der Waals surface area contributed by atoms with E-state index in [0.717, 1.165) is 38.8 Å². The highest BCUT2D eigenvalue weighted by Gasteiger charge is 2.46. The van der Waals surface area contributed by atoms with Gasteiger partial charge in [-0.2, -0.15) is 0 Å². The zero-order chi connectivity index (χ0) is 15.5. The molecule has 2 rings (SSSR count). The van der Waals surface area contributed by atoms with Crippen LogP contribution < -0.4 is 11.1 Å². The predicted octanol–water partition coefficient (Wildman–Crippen LogP) is -0.259. The molecule has 2 aliphatic rings. The molecule has 2 unspecified atom stereocenters. The number of rotatable bonds is 5. The second-order valence-electron chi connectivity index (χ2n) is 6.31. The van der Waals surface area contributed by atoms with Gasteiger partial charge in [0.25, 0.3) is 0 Å². The van der Waals surface area contributed by atoms with E-state index in [4.69, 9.17) is 5.73 Å². The largest absolute Gasteiger partial charge is 0.368 e. The van der Waals surface area contributed by atoms with E-state index in [0.29, 0.717) is 18.7 Å². The van der Waals surface area contributed by atoms with E-state index >= 15 is 0 Å². The summed E-state index contributed by atoms with van der Waals surface area (Å²) in [7, 11) is -1.05. The lowest BCUT2D eigenvalue weighted by atomic mass is 9.84. The molecule has 1 saturated carbocycles. The second kappa shape index (κ2) is 6.62. The van der Waals surface area contributed by atoms with Crippen LogP contribution in [0.5, 0.6) is 0 Å². The predicted molar refractivity (Wildman–Crippen MR) is 82.7 cm³/mol. The van der Waals surface area contributed by atoms with Crippen molar-refractivity contribution in [3.8, 4) is 0 Å². The number of sulfone groups is 1. The molecule has 2 fully saturated rings. The molecular weight excluding hydrogens is 290 g/mol. The highest BCUT2D eigenvalue weighted by Crippen LogP contribution is 2.37. The van der Waals surface area contributed by atoms with Crippen LogP contribution >= 0.6 is 0 Å². The molecule has 1 saturated heterocycles. The maximum Gasteiger partial charge on any atom is 0.238 e. The fourth-order valence-electron chi connectivity index (χ4n) is 3.80. The van der Waals surface area contributed by atoms with Crippen molar-refractivity contribution >= 4 is 15.7 Å². The smallest absolute Gasteiger partial charge is 0.238 e. The van der Waals surface area contributed by atoms with Crippen LogP contribution in [0.15, 0.2) is 0 Å². The number of likely N-dealkylation sites (N-methyl/N-ethyl adjacent to an activating group) is 1. The van der Waals surface area contributed by atoms with Gasteiger partial charge in [0.1, 0.15) is 5.54 Å². The summed E-state index contributed by atoms with van der Waals surface area (Å²) >= 11 is 0. The molecule has 21 heavy (non-hydrogen) atoms. The van der Waals surface area contributed by atoms with Crippen LogP contribution in [-0.4, -0.2) is 63.0 Å². The molecule has 0 spiro atoms. The maximum atomic E-state index is 11.8. The first-order valence-corrected chi connectivity index (χ1v) is 9.63. The van der Waals surface area contributed by atoms with E-state index < -0.39 is 15.4 Å². The first kappa shape index (κ1) is 16.7. The van der Waals surface area contributed by atoms with E-state index in [1.807, 2.05) is 7.05 Å². The van der Waals surface area contributed by atoms with Crippen LogP contribution in [0.2, 0.25) is 0 Å². The lowest BCUT2D eigenvalue weighted by Gasteiger charge is -2.33. The van der Waals surface area contributed by atoms with Gasteiger partial charge in [-0.15, -0.1) is 0 Å². The lowest BCUT2D eigenvalue weighted by Crippen LogP contribution is -2.56. The lowest BCUT2D eigenvalue weighted by molar-refractivity contribution is -0.125. The molecule has 1 aliphatic heterocycles. The van der Waals surface area contributed by atoms with Gasteiger partial charge in [0.05, 0.1) is 11.5 Å². The number of nitrogens with zero attached hydrogens (tertiary/aromatic N) is 1. The van der Waals surface area contributed by atoms with Crippen LogP contribution in [0.1, 0.15) is 32.1 Å². The van der Waals surface area contributed by atoms with Crippen LogP contribution in [0.3, 0.4) is 0 Å². The number of carbonyl (C=O) groups excluding carboxylic acids is 1. The number of primary amides is 1. The summed E-state index contributed by atoms with van der Waals surface area (Å²) in [5.41, 5.74) is 5.04. The summed E-state index contributed by atoms with van der Waals surface area (Å²) < 4.78 is 23.2. The maximum absolute atomic E-state index is 11.8. The van der Waals surface area contributed by atoms with Gasteiger partial charge in [0.15, 0.2) is 9.84 Å². The molecule has 0 radical (unpaired) electrons. The molecule has 1 heterocycles. The average molecular weight is 317 g/mol. The molecular formula is C14H27N3O3S. The van der Waals surface area contributed by atoms with Gasteiger partial charge in [-0.3, -0.25) is 4.79 Å². The Morgan fingerprint density at radius 3 is 2.76 bits per heavy atom. The number of nitrogens with one attached hydrogen (secondary N) is 1.